The molecule has 1 saturated heterocycles. The molecule has 1 heterocycles. The third-order valence-electron chi connectivity index (χ3n) is 3.85. The average Bonchev–Trinajstić information content (AvgIpc) is 2.46. The molecule has 110 valence electrons. The standard InChI is InChI=1S/C16H22FNO2/c1-20-16-7-5-13(10-15(16)17)9-14(19)6-4-12-3-2-8-18-11-12/h5,7,10,12,18H,2-4,6,8-9,11H2,1H3. The van der Waals surface area contributed by atoms with E-state index in [9.17, 15) is 9.18 Å². The van der Waals surface area contributed by atoms with E-state index in [1.54, 1.807) is 12.1 Å². The highest BCUT2D eigenvalue weighted by atomic mass is 19.1. The Balaban J connectivity index is 1.80. The predicted molar refractivity (Wildman–Crippen MR) is 76.5 cm³/mol. The van der Waals surface area contributed by atoms with E-state index in [-0.39, 0.29) is 11.5 Å². The molecule has 1 aromatic rings. The summed E-state index contributed by atoms with van der Waals surface area (Å²) in [5, 5.41) is 3.35. The molecule has 0 aliphatic carbocycles. The fourth-order valence-corrected chi connectivity index (χ4v) is 2.67. The van der Waals surface area contributed by atoms with E-state index >= 15 is 0 Å². The molecule has 20 heavy (non-hydrogen) atoms. The molecule has 1 aliphatic rings. The van der Waals surface area contributed by atoms with Crippen LogP contribution in [0.3, 0.4) is 0 Å². The van der Waals surface area contributed by atoms with Gasteiger partial charge in [0.25, 0.3) is 0 Å². The monoisotopic (exact) mass is 279 g/mol. The lowest BCUT2D eigenvalue weighted by Crippen LogP contribution is -2.30. The van der Waals surface area contributed by atoms with Crippen molar-refractivity contribution in [3.63, 3.8) is 0 Å². The van der Waals surface area contributed by atoms with Gasteiger partial charge in [-0.1, -0.05) is 6.07 Å². The summed E-state index contributed by atoms with van der Waals surface area (Å²) < 4.78 is 18.4. The predicted octanol–water partition coefficient (Wildman–Crippen LogP) is 2.73. The van der Waals surface area contributed by atoms with Gasteiger partial charge in [-0.25, -0.2) is 4.39 Å². The summed E-state index contributed by atoms with van der Waals surface area (Å²) in [6, 6.07) is 4.71. The summed E-state index contributed by atoms with van der Waals surface area (Å²) in [6.07, 6.45) is 4.23. The van der Waals surface area contributed by atoms with Crippen molar-refractivity contribution in [3.8, 4) is 5.75 Å². The maximum absolute atomic E-state index is 13.5. The van der Waals surface area contributed by atoms with Gasteiger partial charge < -0.3 is 10.1 Å². The van der Waals surface area contributed by atoms with Crippen molar-refractivity contribution in [2.45, 2.75) is 32.1 Å². The van der Waals surface area contributed by atoms with Crippen LogP contribution in [0.2, 0.25) is 0 Å². The molecule has 0 radical (unpaired) electrons. The zero-order chi connectivity index (χ0) is 14.4. The molecule has 0 saturated carbocycles. The molecule has 1 atom stereocenters. The quantitative estimate of drug-likeness (QED) is 0.870. The number of ketones is 1. The summed E-state index contributed by atoms with van der Waals surface area (Å²) in [4.78, 5) is 11.9. The maximum Gasteiger partial charge on any atom is 0.165 e. The number of ether oxygens (including phenoxy) is 1. The van der Waals surface area contributed by atoms with E-state index in [2.05, 4.69) is 5.32 Å². The summed E-state index contributed by atoms with van der Waals surface area (Å²) in [6.45, 7) is 2.11. The second-order valence-corrected chi connectivity index (χ2v) is 5.44. The van der Waals surface area contributed by atoms with E-state index in [4.69, 9.17) is 4.74 Å². The number of nitrogens with one attached hydrogen (secondary N) is 1. The molecule has 2 rings (SSSR count). The van der Waals surface area contributed by atoms with Gasteiger partial charge in [0.2, 0.25) is 0 Å². The maximum atomic E-state index is 13.5. The van der Waals surface area contributed by atoms with E-state index in [0.717, 1.165) is 25.1 Å². The van der Waals surface area contributed by atoms with Crippen LogP contribution in [-0.4, -0.2) is 26.0 Å². The number of halogens is 1. The van der Waals surface area contributed by atoms with Gasteiger partial charge >= 0.3 is 0 Å². The van der Waals surface area contributed by atoms with Gasteiger partial charge in [0.15, 0.2) is 11.6 Å². The van der Waals surface area contributed by atoms with Crippen LogP contribution in [0.5, 0.6) is 5.75 Å². The summed E-state index contributed by atoms with van der Waals surface area (Å²) in [5.41, 5.74) is 0.718. The molecule has 0 aromatic heterocycles. The zero-order valence-electron chi connectivity index (χ0n) is 12.0. The van der Waals surface area contributed by atoms with Crippen molar-refractivity contribution in [3.05, 3.63) is 29.6 Å². The molecule has 0 amide bonds. The van der Waals surface area contributed by atoms with Crippen molar-refractivity contribution < 1.29 is 13.9 Å². The number of methoxy groups -OCH3 is 1. The van der Waals surface area contributed by atoms with E-state index in [1.165, 1.54) is 26.0 Å². The lowest BCUT2D eigenvalue weighted by Gasteiger charge is -2.22. The van der Waals surface area contributed by atoms with Crippen LogP contribution in [0, 0.1) is 11.7 Å². The van der Waals surface area contributed by atoms with Crippen molar-refractivity contribution >= 4 is 5.78 Å². The van der Waals surface area contributed by atoms with E-state index < -0.39 is 5.82 Å². The highest BCUT2D eigenvalue weighted by Gasteiger charge is 2.15. The highest BCUT2D eigenvalue weighted by molar-refractivity contribution is 5.80. The Hall–Kier alpha value is -1.42. The number of hydrogen-bond acceptors (Lipinski definition) is 3. The van der Waals surface area contributed by atoms with E-state index in [0.29, 0.717) is 18.8 Å². The van der Waals surface area contributed by atoms with Gasteiger partial charge in [0.05, 0.1) is 7.11 Å². The van der Waals surface area contributed by atoms with Crippen LogP contribution in [-0.2, 0) is 11.2 Å². The smallest absolute Gasteiger partial charge is 0.165 e. The fourth-order valence-electron chi connectivity index (χ4n) is 2.67. The Bertz CT molecular complexity index is 456. The van der Waals surface area contributed by atoms with Crippen LogP contribution in [0.25, 0.3) is 0 Å². The molecule has 1 aromatic carbocycles. The van der Waals surface area contributed by atoms with Gasteiger partial charge in [-0.15, -0.1) is 0 Å². The molecule has 3 nitrogen and oxygen atoms in total. The molecular formula is C16H22FNO2. The third kappa shape index (κ3) is 4.30. The first kappa shape index (κ1) is 15.0. The lowest BCUT2D eigenvalue weighted by molar-refractivity contribution is -0.118. The zero-order valence-corrected chi connectivity index (χ0v) is 12.0. The third-order valence-corrected chi connectivity index (χ3v) is 3.85. The first-order chi connectivity index (χ1) is 9.69. The number of hydrogen-bond donors (Lipinski definition) is 1. The topological polar surface area (TPSA) is 38.3 Å². The van der Waals surface area contributed by atoms with Crippen LogP contribution in [0.4, 0.5) is 4.39 Å². The molecule has 0 bridgehead atoms. The van der Waals surface area contributed by atoms with Crippen molar-refractivity contribution in [1.82, 2.24) is 5.32 Å². The van der Waals surface area contributed by atoms with Crippen molar-refractivity contribution in [2.75, 3.05) is 20.2 Å². The van der Waals surface area contributed by atoms with E-state index in [1.807, 2.05) is 0 Å². The number of carbonyl (C=O) groups excluding carboxylic acids is 1. The first-order valence-electron chi connectivity index (χ1n) is 7.24. The molecule has 1 aliphatic heterocycles. The van der Waals surface area contributed by atoms with Crippen LogP contribution < -0.4 is 10.1 Å². The lowest BCUT2D eigenvalue weighted by atomic mass is 9.92. The Morgan fingerprint density at radius 2 is 2.35 bits per heavy atom. The fraction of sp³-hybridized carbons (Fsp3) is 0.562. The minimum atomic E-state index is -0.408. The van der Waals surface area contributed by atoms with Gasteiger partial charge in [0, 0.05) is 12.8 Å². The second-order valence-electron chi connectivity index (χ2n) is 5.44. The Labute approximate surface area is 119 Å². The molecule has 1 unspecified atom stereocenters. The van der Waals surface area contributed by atoms with Crippen molar-refractivity contribution in [1.29, 1.82) is 0 Å². The molecule has 1 N–H and O–H groups in total. The van der Waals surface area contributed by atoms with Gasteiger partial charge in [-0.2, -0.15) is 0 Å². The number of piperidine rings is 1. The minimum absolute atomic E-state index is 0.181. The summed E-state index contributed by atoms with van der Waals surface area (Å²) in [7, 11) is 1.43. The first-order valence-corrected chi connectivity index (χ1v) is 7.24. The Morgan fingerprint density at radius 1 is 1.50 bits per heavy atom. The van der Waals surface area contributed by atoms with Gasteiger partial charge in [-0.3, -0.25) is 4.79 Å². The Kier molecular flexibility index (Phi) is 5.53. The normalized spacial score (nSPS) is 18.8. The average molecular weight is 279 g/mol. The minimum Gasteiger partial charge on any atom is -0.494 e. The number of benzene rings is 1. The largest absolute Gasteiger partial charge is 0.494 e. The number of Topliss-reactive ketones (excluding diaryl/α,β-unsaturated/α-hetero) is 1. The number of rotatable bonds is 6. The molecule has 0 spiro atoms. The molecule has 4 heteroatoms. The Morgan fingerprint density at radius 3 is 3.00 bits per heavy atom. The molecule has 1 fully saturated rings. The van der Waals surface area contributed by atoms with Crippen LogP contribution in [0.1, 0.15) is 31.2 Å². The summed E-state index contributed by atoms with van der Waals surface area (Å²) >= 11 is 0. The number of carbonyl (C=O) groups is 1. The second kappa shape index (κ2) is 7.39. The highest BCUT2D eigenvalue weighted by Crippen LogP contribution is 2.20. The molecular weight excluding hydrogens is 257 g/mol. The van der Waals surface area contributed by atoms with Crippen molar-refractivity contribution in [2.24, 2.45) is 5.92 Å². The van der Waals surface area contributed by atoms with Crippen LogP contribution >= 0.6 is 0 Å². The van der Waals surface area contributed by atoms with Gasteiger partial charge in [-0.05, 0) is 56.0 Å². The SMILES string of the molecule is COc1ccc(CC(=O)CCC2CCCNC2)cc1F. The van der Waals surface area contributed by atoms with Crippen LogP contribution in [0.15, 0.2) is 18.2 Å². The van der Waals surface area contributed by atoms with Gasteiger partial charge in [0.1, 0.15) is 5.78 Å². The summed E-state index contributed by atoms with van der Waals surface area (Å²) in [5.74, 6) is 0.601.